The third kappa shape index (κ3) is 3.57. The zero-order chi connectivity index (χ0) is 29.9. The van der Waals surface area contributed by atoms with Crippen LogP contribution in [0.5, 0.6) is 17.2 Å². The van der Waals surface area contributed by atoms with Gasteiger partial charge in [0.2, 0.25) is 0 Å². The van der Waals surface area contributed by atoms with E-state index in [4.69, 9.17) is 14.2 Å². The molecule has 7 rings (SSSR count). The van der Waals surface area contributed by atoms with Gasteiger partial charge in [-0.05, 0) is 42.0 Å². The van der Waals surface area contributed by atoms with E-state index < -0.39 is 23.4 Å². The standard InChI is InChI=1S/C36H29NO6/c1-41-23-18-15-22(16-19-23)32(38)31-30(26-12-8-14-28(42-2)33(26)43-3)36(34(39)24-10-5-6-11-25(24)35(36)40)29-20-17-21-9-4-7-13-27(21)37(29)31/h4-20,29-31H,1-3H3/t29-,30+,31-/m1/s1. The van der Waals surface area contributed by atoms with Crippen LogP contribution in [0.2, 0.25) is 0 Å². The summed E-state index contributed by atoms with van der Waals surface area (Å²) in [5, 5.41) is 0. The highest BCUT2D eigenvalue weighted by Gasteiger charge is 2.72. The number of rotatable bonds is 6. The van der Waals surface area contributed by atoms with Gasteiger partial charge in [-0.3, -0.25) is 14.4 Å². The topological polar surface area (TPSA) is 82.1 Å². The molecule has 4 aromatic rings. The molecule has 0 bridgehead atoms. The van der Waals surface area contributed by atoms with Crippen LogP contribution in [0.15, 0.2) is 97.1 Å². The molecule has 3 aliphatic rings. The lowest BCUT2D eigenvalue weighted by Crippen LogP contribution is -2.48. The highest BCUT2D eigenvalue weighted by Crippen LogP contribution is 2.62. The molecule has 0 radical (unpaired) electrons. The number of carbonyl (C=O) groups excluding carboxylic acids is 3. The van der Waals surface area contributed by atoms with Crippen molar-refractivity contribution < 1.29 is 28.6 Å². The van der Waals surface area contributed by atoms with Crippen molar-refractivity contribution in [1.82, 2.24) is 0 Å². The normalized spacial score (nSPS) is 20.9. The van der Waals surface area contributed by atoms with Crippen LogP contribution in [0.3, 0.4) is 0 Å². The van der Waals surface area contributed by atoms with E-state index in [0.717, 1.165) is 11.3 Å². The number of carbonyl (C=O) groups is 3. The Morgan fingerprint density at radius 2 is 1.42 bits per heavy atom. The van der Waals surface area contributed by atoms with Crippen molar-refractivity contribution in [3.8, 4) is 17.2 Å². The first-order chi connectivity index (χ1) is 21.0. The molecule has 4 aromatic carbocycles. The largest absolute Gasteiger partial charge is 0.497 e. The number of hydrogen-bond acceptors (Lipinski definition) is 7. The predicted molar refractivity (Wildman–Crippen MR) is 163 cm³/mol. The van der Waals surface area contributed by atoms with Gasteiger partial charge >= 0.3 is 0 Å². The van der Waals surface area contributed by atoms with Gasteiger partial charge in [0.15, 0.2) is 28.8 Å². The van der Waals surface area contributed by atoms with Gasteiger partial charge in [-0.15, -0.1) is 0 Å². The highest BCUT2D eigenvalue weighted by atomic mass is 16.5. The van der Waals surface area contributed by atoms with E-state index in [1.165, 1.54) is 14.2 Å². The number of hydrogen-bond donors (Lipinski definition) is 0. The van der Waals surface area contributed by atoms with Crippen LogP contribution in [0, 0.1) is 5.41 Å². The molecule has 1 spiro atoms. The Morgan fingerprint density at radius 1 is 0.744 bits per heavy atom. The number of methoxy groups -OCH3 is 3. The summed E-state index contributed by atoms with van der Waals surface area (Å²) in [5.74, 6) is -0.288. The van der Waals surface area contributed by atoms with Gasteiger partial charge in [-0.2, -0.15) is 0 Å². The molecule has 2 heterocycles. The number of para-hydroxylation sites is 2. The first kappa shape index (κ1) is 26.7. The molecular formula is C36H29NO6. The fraction of sp³-hybridized carbons (Fsp3) is 0.194. The molecule has 0 aromatic heterocycles. The van der Waals surface area contributed by atoms with E-state index >= 15 is 0 Å². The molecule has 7 heteroatoms. The summed E-state index contributed by atoms with van der Waals surface area (Å²) >= 11 is 0. The van der Waals surface area contributed by atoms with Gasteiger partial charge in [0, 0.05) is 33.9 Å². The van der Waals surface area contributed by atoms with Crippen molar-refractivity contribution in [3.05, 3.63) is 125 Å². The third-order valence-corrected chi connectivity index (χ3v) is 9.12. The molecule has 214 valence electrons. The number of benzene rings is 4. The second-order valence-electron chi connectivity index (χ2n) is 10.9. The second-order valence-corrected chi connectivity index (χ2v) is 10.9. The quantitative estimate of drug-likeness (QED) is 0.207. The maximum Gasteiger partial charge on any atom is 0.185 e. The van der Waals surface area contributed by atoms with Crippen molar-refractivity contribution in [2.45, 2.75) is 18.0 Å². The molecule has 0 N–H and O–H groups in total. The first-order valence-electron chi connectivity index (χ1n) is 14.1. The fourth-order valence-electron chi connectivity index (χ4n) is 7.34. The Hall–Kier alpha value is -5.17. The molecular weight excluding hydrogens is 542 g/mol. The predicted octanol–water partition coefficient (Wildman–Crippen LogP) is 6.03. The van der Waals surface area contributed by atoms with Crippen molar-refractivity contribution in [1.29, 1.82) is 0 Å². The van der Waals surface area contributed by atoms with E-state index in [-0.39, 0.29) is 17.3 Å². The maximum atomic E-state index is 14.9. The number of nitrogens with zero attached hydrogens (tertiary/aromatic N) is 1. The fourth-order valence-corrected chi connectivity index (χ4v) is 7.34. The number of anilines is 1. The Balaban J connectivity index is 1.56. The van der Waals surface area contributed by atoms with Gasteiger partial charge in [0.05, 0.1) is 27.4 Å². The molecule has 43 heavy (non-hydrogen) atoms. The Morgan fingerprint density at radius 3 is 2.07 bits per heavy atom. The van der Waals surface area contributed by atoms with Crippen LogP contribution in [-0.2, 0) is 0 Å². The summed E-state index contributed by atoms with van der Waals surface area (Å²) in [6, 6.07) is 25.3. The average Bonchev–Trinajstić information content (AvgIpc) is 3.49. The van der Waals surface area contributed by atoms with Gasteiger partial charge in [-0.1, -0.05) is 66.7 Å². The third-order valence-electron chi connectivity index (χ3n) is 9.12. The zero-order valence-corrected chi connectivity index (χ0v) is 23.9. The van der Waals surface area contributed by atoms with Crippen molar-refractivity contribution in [3.63, 3.8) is 0 Å². The Labute approximate surface area is 249 Å². The number of ketones is 3. The summed E-state index contributed by atoms with van der Waals surface area (Å²) in [7, 11) is 4.63. The second kappa shape index (κ2) is 9.98. The summed E-state index contributed by atoms with van der Waals surface area (Å²) in [4.78, 5) is 46.5. The highest BCUT2D eigenvalue weighted by molar-refractivity contribution is 6.32. The lowest BCUT2D eigenvalue weighted by Gasteiger charge is -2.37. The smallest absolute Gasteiger partial charge is 0.185 e. The first-order valence-corrected chi connectivity index (χ1v) is 14.1. The molecule has 0 saturated carbocycles. The molecule has 1 aliphatic carbocycles. The molecule has 7 nitrogen and oxygen atoms in total. The van der Waals surface area contributed by atoms with Gasteiger partial charge in [0.1, 0.15) is 17.2 Å². The molecule has 1 saturated heterocycles. The van der Waals surface area contributed by atoms with Gasteiger partial charge < -0.3 is 19.1 Å². The SMILES string of the molecule is COc1ccc(C(=O)[C@H]2[C@H](c3cccc(OC)c3OC)C3(C(=O)c4ccccc4C3=O)[C@H]3C=Cc4ccccc4N23)cc1. The number of Topliss-reactive ketones (excluding diaryl/α,β-unsaturated/α-hetero) is 3. The summed E-state index contributed by atoms with van der Waals surface area (Å²) in [6.07, 6.45) is 3.85. The lowest BCUT2D eigenvalue weighted by molar-refractivity contribution is 0.0664. The molecule has 0 amide bonds. The average molecular weight is 572 g/mol. The minimum Gasteiger partial charge on any atom is -0.497 e. The van der Waals surface area contributed by atoms with Crippen LogP contribution in [0.1, 0.15) is 48.1 Å². The minimum absolute atomic E-state index is 0.221. The van der Waals surface area contributed by atoms with Crippen molar-refractivity contribution in [2.24, 2.45) is 5.41 Å². The van der Waals surface area contributed by atoms with E-state index in [9.17, 15) is 14.4 Å². The Bertz CT molecular complexity index is 1790. The van der Waals surface area contributed by atoms with Crippen LogP contribution >= 0.6 is 0 Å². The van der Waals surface area contributed by atoms with Crippen LogP contribution < -0.4 is 19.1 Å². The zero-order valence-electron chi connectivity index (χ0n) is 23.9. The summed E-state index contributed by atoms with van der Waals surface area (Å²) < 4.78 is 16.9. The molecule has 3 atom stereocenters. The van der Waals surface area contributed by atoms with E-state index in [1.54, 1.807) is 67.8 Å². The Kier molecular flexibility index (Phi) is 6.20. The van der Waals surface area contributed by atoms with E-state index in [0.29, 0.717) is 39.5 Å². The lowest BCUT2D eigenvalue weighted by atomic mass is 9.64. The van der Waals surface area contributed by atoms with Crippen LogP contribution in [0.4, 0.5) is 5.69 Å². The van der Waals surface area contributed by atoms with E-state index in [1.807, 2.05) is 47.4 Å². The van der Waals surface area contributed by atoms with Gasteiger partial charge in [0.25, 0.3) is 0 Å². The molecule has 1 fully saturated rings. The number of ether oxygens (including phenoxy) is 3. The van der Waals surface area contributed by atoms with Gasteiger partial charge in [-0.25, -0.2) is 0 Å². The van der Waals surface area contributed by atoms with Crippen molar-refractivity contribution in [2.75, 3.05) is 26.2 Å². The van der Waals surface area contributed by atoms with Crippen molar-refractivity contribution >= 4 is 29.1 Å². The summed E-state index contributed by atoms with van der Waals surface area (Å²) in [5.41, 5.74) is 1.77. The molecule has 2 aliphatic heterocycles. The summed E-state index contributed by atoms with van der Waals surface area (Å²) in [6.45, 7) is 0. The molecule has 0 unspecified atom stereocenters. The van der Waals surface area contributed by atoms with E-state index in [2.05, 4.69) is 0 Å². The monoisotopic (exact) mass is 571 g/mol. The minimum atomic E-state index is -1.64. The number of fused-ring (bicyclic) bond motifs is 5. The van der Waals surface area contributed by atoms with Crippen LogP contribution in [0.25, 0.3) is 6.08 Å². The maximum absolute atomic E-state index is 14.9. The van der Waals surface area contributed by atoms with Crippen LogP contribution in [-0.4, -0.2) is 50.8 Å².